The van der Waals surface area contributed by atoms with Gasteiger partial charge in [0.2, 0.25) is 5.91 Å². The van der Waals surface area contributed by atoms with Gasteiger partial charge < -0.3 is 9.64 Å². The van der Waals surface area contributed by atoms with E-state index in [0.717, 1.165) is 6.07 Å². The van der Waals surface area contributed by atoms with E-state index < -0.39 is 31.6 Å². The molecule has 27 heavy (non-hydrogen) atoms. The van der Waals surface area contributed by atoms with Gasteiger partial charge in [-0.25, -0.2) is 4.79 Å². The van der Waals surface area contributed by atoms with Gasteiger partial charge in [0.1, 0.15) is 0 Å². The number of rotatable bonds is 5. The number of carbonyl (C=O) groups is 2. The first-order valence-corrected chi connectivity index (χ1v) is 10.4. The lowest BCUT2D eigenvalue weighted by molar-refractivity contribution is -0.129. The third-order valence-corrected chi connectivity index (χ3v) is 5.96. The molecule has 1 aliphatic heterocycles. The average molecular weight is 426 g/mol. The highest BCUT2D eigenvalue weighted by Gasteiger charge is 2.53. The fourth-order valence-electron chi connectivity index (χ4n) is 2.38. The van der Waals surface area contributed by atoms with Gasteiger partial charge in [0, 0.05) is 18.8 Å². The molecular weight excluding hydrogens is 409 g/mol. The number of carbonyl (C=O) groups excluding carboxylic acids is 2. The number of para-hydroxylation sites is 1. The van der Waals surface area contributed by atoms with Crippen molar-refractivity contribution in [2.24, 2.45) is 0 Å². The lowest BCUT2D eigenvalue weighted by atomic mass is 10.1. The molecule has 0 aromatic heterocycles. The summed E-state index contributed by atoms with van der Waals surface area (Å²) in [6, 6.07) is 5.21. The van der Waals surface area contributed by atoms with Gasteiger partial charge in [0.25, 0.3) is 0 Å². The fraction of sp³-hybridized carbons (Fsp3) is 0.467. The number of benzene rings is 1. The van der Waals surface area contributed by atoms with Crippen molar-refractivity contribution in [2.45, 2.75) is 19.0 Å². The van der Waals surface area contributed by atoms with Crippen LogP contribution in [0.15, 0.2) is 24.3 Å². The highest BCUT2D eigenvalue weighted by molar-refractivity contribution is 8.00. The normalized spacial score (nSPS) is 15.6. The van der Waals surface area contributed by atoms with Crippen molar-refractivity contribution in [1.82, 2.24) is 4.90 Å². The summed E-state index contributed by atoms with van der Waals surface area (Å²) in [6.45, 7) is 1.26. The predicted octanol–water partition coefficient (Wildman–Crippen LogP) is 2.57. The zero-order valence-corrected chi connectivity index (χ0v) is 15.9. The van der Waals surface area contributed by atoms with E-state index >= 15 is 0 Å². The molecule has 150 valence electrons. The molecule has 2 amide bonds. The first kappa shape index (κ1) is 21.4. The molecule has 1 aromatic rings. The number of ether oxygens (including phenoxy) is 1. The summed E-state index contributed by atoms with van der Waals surface area (Å²) in [5, 5.41) is 0. The molecule has 0 unspecified atom stereocenters. The number of amides is 2. The summed E-state index contributed by atoms with van der Waals surface area (Å²) in [7, 11) is -6.04. The number of hydrogen-bond donors (Lipinski definition) is 0. The van der Waals surface area contributed by atoms with Gasteiger partial charge in [-0.2, -0.15) is 37.7 Å². The van der Waals surface area contributed by atoms with Crippen LogP contribution in [0.4, 0.5) is 23.7 Å². The van der Waals surface area contributed by atoms with Crippen molar-refractivity contribution in [3.8, 4) is 0 Å². The number of hydrogen-bond acceptors (Lipinski definition) is 6. The van der Waals surface area contributed by atoms with Crippen LogP contribution in [0.3, 0.4) is 0 Å². The highest BCUT2D eigenvalue weighted by Crippen LogP contribution is 2.34. The molecule has 1 aliphatic rings. The molecule has 0 radical (unpaired) electrons. The Labute approximate surface area is 158 Å². The molecule has 0 atom stereocenters. The molecule has 1 fully saturated rings. The van der Waals surface area contributed by atoms with Crippen LogP contribution in [0.5, 0.6) is 0 Å². The lowest BCUT2D eigenvalue weighted by Crippen LogP contribution is -2.46. The van der Waals surface area contributed by atoms with Gasteiger partial charge in [-0.3, -0.25) is 4.79 Å². The van der Waals surface area contributed by atoms with Gasteiger partial charge in [0.15, 0.2) is 0 Å². The van der Waals surface area contributed by atoms with Crippen LogP contribution in [0.1, 0.15) is 12.5 Å². The molecule has 1 heterocycles. The molecule has 0 bridgehead atoms. The molecule has 0 spiro atoms. The molecule has 7 nitrogen and oxygen atoms in total. The minimum absolute atomic E-state index is 0.0821. The summed E-state index contributed by atoms with van der Waals surface area (Å²) in [4.78, 5) is 25.5. The maximum absolute atomic E-state index is 13.1. The van der Waals surface area contributed by atoms with Crippen LogP contribution in [0.25, 0.3) is 0 Å². The monoisotopic (exact) mass is 426 g/mol. The van der Waals surface area contributed by atoms with Crippen LogP contribution in [0, 0.1) is 0 Å². The highest BCUT2D eigenvalue weighted by atomic mass is 32.2. The Morgan fingerprint density at radius 3 is 2.59 bits per heavy atom. The van der Waals surface area contributed by atoms with Gasteiger partial charge in [-0.05, 0) is 18.6 Å². The number of sulfonamides is 1. The van der Waals surface area contributed by atoms with E-state index in [9.17, 15) is 31.2 Å². The SMILES string of the molecule is CCOC(=O)N(c1ccccc1CN1CCSCC1=O)S(=O)(=O)C(F)(F)F. The zero-order chi connectivity index (χ0) is 20.2. The Hall–Kier alpha value is -1.95. The van der Waals surface area contributed by atoms with E-state index in [0.29, 0.717) is 12.3 Å². The molecular formula is C15H17F3N2O5S2. The minimum atomic E-state index is -6.04. The Kier molecular flexibility index (Phi) is 6.63. The van der Waals surface area contributed by atoms with Crippen molar-refractivity contribution < 1.29 is 35.9 Å². The largest absolute Gasteiger partial charge is 0.517 e. The number of alkyl halides is 3. The topological polar surface area (TPSA) is 84.0 Å². The Morgan fingerprint density at radius 1 is 1.33 bits per heavy atom. The van der Waals surface area contributed by atoms with Gasteiger partial charge in [-0.1, -0.05) is 18.2 Å². The van der Waals surface area contributed by atoms with E-state index in [-0.39, 0.29) is 30.4 Å². The van der Waals surface area contributed by atoms with Crippen molar-refractivity contribution in [3.63, 3.8) is 0 Å². The number of anilines is 1. The average Bonchev–Trinajstić information content (AvgIpc) is 2.57. The fourth-order valence-corrected chi connectivity index (χ4v) is 4.12. The molecule has 1 saturated heterocycles. The first-order chi connectivity index (χ1) is 12.6. The van der Waals surface area contributed by atoms with E-state index in [1.807, 2.05) is 0 Å². The van der Waals surface area contributed by atoms with Crippen LogP contribution < -0.4 is 4.31 Å². The van der Waals surface area contributed by atoms with E-state index in [2.05, 4.69) is 4.74 Å². The summed E-state index contributed by atoms with van der Waals surface area (Å²) in [6.07, 6.45) is -1.66. The molecule has 2 rings (SSSR count). The van der Waals surface area contributed by atoms with Crippen LogP contribution >= 0.6 is 11.8 Å². The quantitative estimate of drug-likeness (QED) is 0.720. The minimum Gasteiger partial charge on any atom is -0.449 e. The first-order valence-electron chi connectivity index (χ1n) is 7.81. The van der Waals surface area contributed by atoms with Crippen LogP contribution in [-0.2, 0) is 26.1 Å². The number of nitrogens with zero attached hydrogens (tertiary/aromatic N) is 2. The zero-order valence-electron chi connectivity index (χ0n) is 14.2. The summed E-state index contributed by atoms with van der Waals surface area (Å²) < 4.78 is 67.5. The van der Waals surface area contributed by atoms with E-state index in [1.54, 1.807) is 0 Å². The Morgan fingerprint density at radius 2 is 2.00 bits per heavy atom. The second-order valence-electron chi connectivity index (χ2n) is 5.41. The summed E-state index contributed by atoms with van der Waals surface area (Å²) >= 11 is 1.43. The third kappa shape index (κ3) is 4.67. The molecule has 0 saturated carbocycles. The molecule has 12 heteroatoms. The second-order valence-corrected chi connectivity index (χ2v) is 8.29. The number of thioether (sulfide) groups is 1. The summed E-state index contributed by atoms with van der Waals surface area (Å²) in [5.74, 6) is 0.656. The molecule has 0 aliphatic carbocycles. The maximum Gasteiger partial charge on any atom is 0.517 e. The standard InChI is InChI=1S/C15H17F3N2O5S2/c1-2-25-14(22)20(27(23,24)15(16,17)18)12-6-4-3-5-11(12)9-19-7-8-26-10-13(19)21/h3-6H,2,7-10H2,1H3. The van der Waals surface area contributed by atoms with Gasteiger partial charge in [-0.15, -0.1) is 0 Å². The van der Waals surface area contributed by atoms with Gasteiger partial charge in [0.05, 0.1) is 18.0 Å². The smallest absolute Gasteiger partial charge is 0.449 e. The van der Waals surface area contributed by atoms with Crippen molar-refractivity contribution in [2.75, 3.05) is 29.0 Å². The van der Waals surface area contributed by atoms with E-state index in [1.165, 1.54) is 41.8 Å². The van der Waals surface area contributed by atoms with Crippen molar-refractivity contribution in [3.05, 3.63) is 29.8 Å². The van der Waals surface area contributed by atoms with Gasteiger partial charge >= 0.3 is 21.6 Å². The van der Waals surface area contributed by atoms with Crippen molar-refractivity contribution in [1.29, 1.82) is 0 Å². The third-order valence-electron chi connectivity index (χ3n) is 3.62. The van der Waals surface area contributed by atoms with Crippen LogP contribution in [0.2, 0.25) is 0 Å². The van der Waals surface area contributed by atoms with Crippen molar-refractivity contribution >= 4 is 39.5 Å². The van der Waals surface area contributed by atoms with Crippen LogP contribution in [-0.4, -0.2) is 55.5 Å². The molecule has 0 N–H and O–H groups in total. The summed E-state index contributed by atoms with van der Waals surface area (Å²) in [5.41, 5.74) is -6.12. The Bertz CT molecular complexity index is 814. The Balaban J connectivity index is 2.50. The second kappa shape index (κ2) is 8.38. The maximum atomic E-state index is 13.1. The predicted molar refractivity (Wildman–Crippen MR) is 93.7 cm³/mol. The molecule has 1 aromatic carbocycles. The lowest BCUT2D eigenvalue weighted by Gasteiger charge is -2.29. The van der Waals surface area contributed by atoms with E-state index in [4.69, 9.17) is 0 Å². The number of halogens is 3.